The normalized spacial score (nSPS) is 21.2. The van der Waals surface area contributed by atoms with Crippen LogP contribution in [-0.4, -0.2) is 90.2 Å². The average Bonchev–Trinajstić information content (AvgIpc) is 3.02. The molecular weight excluding hydrogens is 610 g/mol. The number of anilines is 2. The third kappa shape index (κ3) is 6.14. The molecule has 2 aromatic carbocycles. The maximum atomic E-state index is 12.6. The Morgan fingerprint density at radius 1 is 1.19 bits per heavy atom. The summed E-state index contributed by atoms with van der Waals surface area (Å²) in [4.78, 5) is 35.2. The lowest BCUT2D eigenvalue weighted by Gasteiger charge is -2.56. The van der Waals surface area contributed by atoms with E-state index in [0.717, 1.165) is 58.1 Å². The highest BCUT2D eigenvalue weighted by molar-refractivity contribution is 6.36. The van der Waals surface area contributed by atoms with E-state index >= 15 is 0 Å². The van der Waals surface area contributed by atoms with Crippen LogP contribution < -0.4 is 14.5 Å². The zero-order valence-corrected chi connectivity index (χ0v) is 28.3. The van der Waals surface area contributed by atoms with Crippen LogP contribution in [0, 0.1) is 12.0 Å². The van der Waals surface area contributed by atoms with Gasteiger partial charge in [0.05, 0.1) is 17.3 Å². The molecule has 47 heavy (non-hydrogen) atoms. The molecule has 1 spiro atoms. The zero-order chi connectivity index (χ0) is 32.7. The second-order valence-corrected chi connectivity index (χ2v) is 14.4. The van der Waals surface area contributed by atoms with E-state index in [1.54, 1.807) is 4.90 Å². The van der Waals surface area contributed by atoms with Gasteiger partial charge in [0, 0.05) is 55.4 Å². The molecule has 1 saturated heterocycles. The fraction of sp³-hybridized carbons (Fsp3) is 0.514. The average molecular weight is 654 g/mol. The molecule has 3 aromatic rings. The number of hydrogen-bond acceptors (Lipinski definition) is 7. The Bertz CT molecular complexity index is 1710. The number of ether oxygens (including phenoxy) is 1. The Morgan fingerprint density at radius 3 is 2.70 bits per heavy atom. The van der Waals surface area contributed by atoms with Gasteiger partial charge in [-0.25, -0.2) is 6.57 Å². The molecule has 2 aliphatic heterocycles. The number of likely N-dealkylation sites (N-methyl/N-ethyl adjacent to an activating group) is 1. The Kier molecular flexibility index (Phi) is 8.75. The number of amides is 1. The van der Waals surface area contributed by atoms with Crippen LogP contribution in [0.5, 0.6) is 6.01 Å². The summed E-state index contributed by atoms with van der Waals surface area (Å²) >= 11 is 6.74. The van der Waals surface area contributed by atoms with Crippen molar-refractivity contribution >= 4 is 39.8 Å². The fourth-order valence-electron chi connectivity index (χ4n) is 8.27. The van der Waals surface area contributed by atoms with E-state index in [0.29, 0.717) is 43.6 Å². The number of rotatable bonds is 9. The smallest absolute Gasteiger partial charge is 0.318 e. The molecule has 1 amide bonds. The molecule has 2 atom stereocenters. The van der Waals surface area contributed by atoms with Gasteiger partial charge in [-0.2, -0.15) is 9.97 Å². The Labute approximate surface area is 283 Å². The molecule has 0 bridgehead atoms. The van der Waals surface area contributed by atoms with Gasteiger partial charge < -0.3 is 24.3 Å². The number of piperazine rings is 1. The first-order chi connectivity index (χ1) is 22.8. The summed E-state index contributed by atoms with van der Waals surface area (Å²) in [7, 11) is 2.21. The zero-order valence-electron chi connectivity index (χ0n) is 27.5. The number of hydrogen-bond donors (Lipinski definition) is 0. The predicted molar refractivity (Wildman–Crippen MR) is 187 cm³/mol. The lowest BCUT2D eigenvalue weighted by atomic mass is 9.54. The van der Waals surface area contributed by atoms with Gasteiger partial charge in [0.15, 0.2) is 0 Å². The van der Waals surface area contributed by atoms with E-state index < -0.39 is 0 Å². The minimum Gasteiger partial charge on any atom is -0.459 e. The van der Waals surface area contributed by atoms with Crippen LogP contribution in [0.15, 0.2) is 49.1 Å². The summed E-state index contributed by atoms with van der Waals surface area (Å²) in [6, 6.07) is 13.1. The summed E-state index contributed by atoms with van der Waals surface area (Å²) in [6.07, 6.45) is 8.79. The first kappa shape index (κ1) is 31.7. The molecule has 3 fully saturated rings. The highest BCUT2D eigenvalue weighted by atomic mass is 35.5. The lowest BCUT2D eigenvalue weighted by molar-refractivity contribution is -0.128. The van der Waals surface area contributed by atoms with Gasteiger partial charge in [-0.15, -0.1) is 0 Å². The second-order valence-electron chi connectivity index (χ2n) is 14.0. The van der Waals surface area contributed by atoms with Crippen molar-refractivity contribution in [1.29, 1.82) is 0 Å². The molecule has 4 aliphatic rings. The Morgan fingerprint density at radius 2 is 1.98 bits per heavy atom. The Balaban J connectivity index is 1.17. The molecule has 2 saturated carbocycles. The van der Waals surface area contributed by atoms with E-state index in [1.165, 1.54) is 38.2 Å². The fourth-order valence-corrected chi connectivity index (χ4v) is 8.55. The van der Waals surface area contributed by atoms with Crippen molar-refractivity contribution in [3.63, 3.8) is 0 Å². The van der Waals surface area contributed by atoms with Crippen LogP contribution in [0.25, 0.3) is 15.6 Å². The largest absolute Gasteiger partial charge is 0.459 e. The molecule has 0 N–H and O–H groups in total. The second kappa shape index (κ2) is 13.0. The van der Waals surface area contributed by atoms with Gasteiger partial charge in [-0.3, -0.25) is 9.69 Å². The summed E-state index contributed by atoms with van der Waals surface area (Å²) in [6.45, 7) is 17.4. The highest BCUT2D eigenvalue weighted by Crippen LogP contribution is 2.57. The SMILES string of the molecule is [C-]#[N+]C[C@H]1CN(c2nc(O[C@@H](C)CN(C)C3CC4(CCC4)C3)nc3c2CCN(c2cccc4cccc(Cl)c24)C3)CCN1C(=O)C=C. The number of carbonyl (C=O) groups is 1. The predicted octanol–water partition coefficient (Wildman–Crippen LogP) is 6.00. The molecule has 3 heterocycles. The number of nitrogens with zero attached hydrogens (tertiary/aromatic N) is 7. The minimum atomic E-state index is -0.242. The van der Waals surface area contributed by atoms with E-state index in [4.69, 9.17) is 32.9 Å². The quantitative estimate of drug-likeness (QED) is 0.207. The molecule has 7 rings (SSSR count). The summed E-state index contributed by atoms with van der Waals surface area (Å²) in [5, 5.41) is 2.90. The third-order valence-electron chi connectivity index (χ3n) is 11.0. The van der Waals surface area contributed by atoms with Crippen LogP contribution in [0.3, 0.4) is 0 Å². The van der Waals surface area contributed by atoms with Crippen molar-refractivity contribution in [3.05, 3.63) is 76.8 Å². The summed E-state index contributed by atoms with van der Waals surface area (Å²) in [5.41, 5.74) is 3.77. The van der Waals surface area contributed by atoms with E-state index in [-0.39, 0.29) is 24.6 Å². The summed E-state index contributed by atoms with van der Waals surface area (Å²) in [5.74, 6) is 0.719. The van der Waals surface area contributed by atoms with Crippen molar-refractivity contribution in [3.8, 4) is 6.01 Å². The van der Waals surface area contributed by atoms with Crippen molar-refractivity contribution in [2.45, 2.75) is 70.2 Å². The Hall–Kier alpha value is -3.87. The van der Waals surface area contributed by atoms with Gasteiger partial charge in [-0.1, -0.05) is 48.9 Å². The van der Waals surface area contributed by atoms with Gasteiger partial charge in [-0.05, 0) is 75.1 Å². The number of benzene rings is 2. The monoisotopic (exact) mass is 653 g/mol. The molecule has 10 heteroatoms. The standard InChI is InChI=1S/C37H44ClN7O2/c1-5-33(46)45-18-17-44(23-28(45)21-39-3)35-29-13-16-43(32-12-7-10-26-9-6-11-30(38)34(26)32)24-31(29)40-36(41-35)47-25(2)22-42(4)27-19-37(20-27)14-8-15-37/h5-7,9-12,25,27-28H,1,8,13-24H2,2,4H3/t25-,28-/m0/s1. The van der Waals surface area contributed by atoms with Crippen molar-refractivity contribution in [2.24, 2.45) is 5.41 Å². The van der Waals surface area contributed by atoms with E-state index in [1.807, 2.05) is 12.1 Å². The molecule has 246 valence electrons. The van der Waals surface area contributed by atoms with Crippen LogP contribution in [0.2, 0.25) is 5.02 Å². The number of fused-ring (bicyclic) bond motifs is 2. The summed E-state index contributed by atoms with van der Waals surface area (Å²) < 4.78 is 6.52. The topological polar surface area (TPSA) is 69.4 Å². The van der Waals surface area contributed by atoms with E-state index in [2.05, 4.69) is 64.4 Å². The maximum Gasteiger partial charge on any atom is 0.318 e. The van der Waals surface area contributed by atoms with Crippen molar-refractivity contribution in [2.75, 3.05) is 56.1 Å². The maximum absolute atomic E-state index is 12.6. The molecule has 0 unspecified atom stereocenters. The molecular formula is C37H44ClN7O2. The van der Waals surface area contributed by atoms with Crippen molar-refractivity contribution < 1.29 is 9.53 Å². The molecule has 2 aliphatic carbocycles. The van der Waals surface area contributed by atoms with Crippen LogP contribution in [0.4, 0.5) is 11.5 Å². The van der Waals surface area contributed by atoms with E-state index in [9.17, 15) is 4.79 Å². The molecule has 9 nitrogen and oxygen atoms in total. The van der Waals surface area contributed by atoms with Gasteiger partial charge in [0.2, 0.25) is 12.5 Å². The van der Waals surface area contributed by atoms with Crippen LogP contribution in [-0.2, 0) is 17.8 Å². The number of aromatic nitrogens is 2. The number of carbonyl (C=O) groups excluding carboxylic acids is 1. The van der Waals surface area contributed by atoms with Gasteiger partial charge in [0.25, 0.3) is 0 Å². The minimum absolute atomic E-state index is 0.0858. The lowest BCUT2D eigenvalue weighted by Crippen LogP contribution is -2.56. The van der Waals surface area contributed by atoms with Crippen molar-refractivity contribution in [1.82, 2.24) is 19.8 Å². The van der Waals surface area contributed by atoms with Gasteiger partial charge in [0.1, 0.15) is 18.0 Å². The van der Waals surface area contributed by atoms with Gasteiger partial charge >= 0.3 is 6.01 Å². The molecule has 0 radical (unpaired) electrons. The third-order valence-corrected chi connectivity index (χ3v) is 11.3. The first-order valence-electron chi connectivity index (χ1n) is 17.0. The number of halogens is 1. The molecule has 1 aromatic heterocycles. The first-order valence-corrected chi connectivity index (χ1v) is 17.4. The van der Waals surface area contributed by atoms with Crippen LogP contribution >= 0.6 is 11.6 Å². The highest BCUT2D eigenvalue weighted by Gasteiger charge is 2.49. The van der Waals surface area contributed by atoms with Crippen LogP contribution in [0.1, 0.15) is 50.3 Å².